The predicted octanol–water partition coefficient (Wildman–Crippen LogP) is 0.979. The highest BCUT2D eigenvalue weighted by Crippen LogP contribution is 2.22. The molecular weight excluding hydrogens is 204 g/mol. The number of carbonyl (C=O) groups excluding carboxylic acids is 1. The van der Waals surface area contributed by atoms with E-state index in [9.17, 15) is 4.79 Å². The van der Waals surface area contributed by atoms with Crippen molar-refractivity contribution in [3.8, 4) is 0 Å². The number of amides is 1. The lowest BCUT2D eigenvalue weighted by Crippen LogP contribution is -2.34. The number of nitrogens with zero attached hydrogens (tertiary/aromatic N) is 1. The first kappa shape index (κ1) is 9.66. The highest BCUT2D eigenvalue weighted by Gasteiger charge is 2.46. The molecule has 84 valence electrons. The molecule has 2 heterocycles. The van der Waals surface area contributed by atoms with Crippen molar-refractivity contribution in [3.63, 3.8) is 0 Å². The van der Waals surface area contributed by atoms with Crippen molar-refractivity contribution >= 4 is 6.09 Å². The van der Waals surface area contributed by atoms with Crippen LogP contribution in [0.4, 0.5) is 4.79 Å². The van der Waals surface area contributed by atoms with Crippen LogP contribution in [0.3, 0.4) is 0 Å². The molecule has 0 radical (unpaired) electrons. The minimum Gasteiger partial charge on any atom is -0.445 e. The van der Waals surface area contributed by atoms with Crippen LogP contribution >= 0.6 is 0 Å². The second-order valence-electron chi connectivity index (χ2n) is 4.32. The molecule has 2 aliphatic rings. The molecule has 1 amide bonds. The van der Waals surface area contributed by atoms with Crippen LogP contribution in [0.15, 0.2) is 30.3 Å². The van der Waals surface area contributed by atoms with E-state index in [1.807, 2.05) is 30.3 Å². The number of nitrogens with one attached hydrogen (secondary N) is 1. The van der Waals surface area contributed by atoms with Crippen molar-refractivity contribution < 1.29 is 9.53 Å². The van der Waals surface area contributed by atoms with Crippen LogP contribution in [-0.4, -0.2) is 36.2 Å². The van der Waals surface area contributed by atoms with Crippen molar-refractivity contribution in [2.75, 3.05) is 13.1 Å². The number of rotatable bonds is 2. The van der Waals surface area contributed by atoms with E-state index >= 15 is 0 Å². The SMILES string of the molecule is O=C(OCc1ccccc1)N1CC2NC2C1. The van der Waals surface area contributed by atoms with Gasteiger partial charge in [0.05, 0.1) is 0 Å². The van der Waals surface area contributed by atoms with Gasteiger partial charge in [0.25, 0.3) is 0 Å². The normalized spacial score (nSPS) is 26.4. The maximum Gasteiger partial charge on any atom is 0.410 e. The molecule has 16 heavy (non-hydrogen) atoms. The number of carbonyl (C=O) groups is 1. The second kappa shape index (κ2) is 3.79. The lowest BCUT2D eigenvalue weighted by Gasteiger charge is -2.17. The van der Waals surface area contributed by atoms with Crippen LogP contribution in [0.2, 0.25) is 0 Å². The average Bonchev–Trinajstić information content (AvgIpc) is 2.94. The number of hydrogen-bond donors (Lipinski definition) is 1. The number of likely N-dealkylation sites (tertiary alicyclic amines) is 1. The third-order valence-corrected chi connectivity index (χ3v) is 3.10. The maximum atomic E-state index is 11.7. The molecule has 2 unspecified atom stereocenters. The van der Waals surface area contributed by atoms with E-state index < -0.39 is 0 Å². The zero-order valence-corrected chi connectivity index (χ0v) is 8.93. The number of ether oxygens (including phenoxy) is 1. The summed E-state index contributed by atoms with van der Waals surface area (Å²) in [5, 5.41) is 3.28. The largest absolute Gasteiger partial charge is 0.445 e. The molecular formula is C12H14N2O2. The van der Waals surface area contributed by atoms with Crippen molar-refractivity contribution in [3.05, 3.63) is 35.9 Å². The molecule has 2 aliphatic heterocycles. The second-order valence-corrected chi connectivity index (χ2v) is 4.32. The molecule has 2 saturated heterocycles. The van der Waals surface area contributed by atoms with E-state index in [1.165, 1.54) is 0 Å². The molecule has 3 rings (SSSR count). The Kier molecular flexibility index (Phi) is 2.29. The zero-order chi connectivity index (χ0) is 11.0. The first-order valence-electron chi connectivity index (χ1n) is 5.54. The van der Waals surface area contributed by atoms with E-state index in [0.717, 1.165) is 18.7 Å². The molecule has 0 spiro atoms. The Bertz CT molecular complexity index is 383. The minimum atomic E-state index is -0.196. The smallest absolute Gasteiger partial charge is 0.410 e. The van der Waals surface area contributed by atoms with Crippen LogP contribution < -0.4 is 5.32 Å². The first-order chi connectivity index (χ1) is 7.83. The summed E-state index contributed by atoms with van der Waals surface area (Å²) in [6.45, 7) is 1.94. The molecule has 1 aromatic rings. The van der Waals surface area contributed by atoms with E-state index in [2.05, 4.69) is 5.32 Å². The van der Waals surface area contributed by atoms with Gasteiger partial charge in [-0.05, 0) is 5.56 Å². The topological polar surface area (TPSA) is 51.5 Å². The molecule has 2 fully saturated rings. The molecule has 0 aliphatic carbocycles. The molecule has 4 heteroatoms. The Morgan fingerprint density at radius 3 is 2.69 bits per heavy atom. The fraction of sp³-hybridized carbons (Fsp3) is 0.417. The van der Waals surface area contributed by atoms with Gasteiger partial charge in [0.1, 0.15) is 6.61 Å². The highest BCUT2D eigenvalue weighted by atomic mass is 16.6. The summed E-state index contributed by atoms with van der Waals surface area (Å²) < 4.78 is 5.24. The van der Waals surface area contributed by atoms with E-state index in [4.69, 9.17) is 4.74 Å². The van der Waals surface area contributed by atoms with Gasteiger partial charge in [-0.3, -0.25) is 0 Å². The Balaban J connectivity index is 1.50. The van der Waals surface area contributed by atoms with Gasteiger partial charge in [-0.15, -0.1) is 0 Å². The summed E-state index contributed by atoms with van der Waals surface area (Å²) in [6, 6.07) is 10.8. The van der Waals surface area contributed by atoms with E-state index in [1.54, 1.807) is 4.90 Å². The Morgan fingerprint density at radius 1 is 1.31 bits per heavy atom. The fourth-order valence-corrected chi connectivity index (χ4v) is 2.09. The summed E-state index contributed by atoms with van der Waals surface area (Å²) in [5.74, 6) is 0. The average molecular weight is 218 g/mol. The van der Waals surface area contributed by atoms with Crippen LogP contribution in [0.1, 0.15) is 5.56 Å². The van der Waals surface area contributed by atoms with E-state index in [-0.39, 0.29) is 6.09 Å². The third-order valence-electron chi connectivity index (χ3n) is 3.10. The minimum absolute atomic E-state index is 0.196. The fourth-order valence-electron chi connectivity index (χ4n) is 2.09. The van der Waals surface area contributed by atoms with Crippen molar-refractivity contribution in [1.29, 1.82) is 0 Å². The third kappa shape index (κ3) is 1.88. The lowest BCUT2D eigenvalue weighted by atomic mass is 10.2. The summed E-state index contributed by atoms with van der Waals surface area (Å²) in [7, 11) is 0. The molecule has 1 N–H and O–H groups in total. The number of piperazine rings is 1. The lowest BCUT2D eigenvalue weighted by molar-refractivity contribution is 0.101. The maximum absolute atomic E-state index is 11.7. The summed E-state index contributed by atoms with van der Waals surface area (Å²) >= 11 is 0. The summed E-state index contributed by atoms with van der Waals surface area (Å²) in [6.07, 6.45) is -0.196. The van der Waals surface area contributed by atoms with Crippen LogP contribution in [0.25, 0.3) is 0 Å². The van der Waals surface area contributed by atoms with Gasteiger partial charge >= 0.3 is 6.09 Å². The first-order valence-corrected chi connectivity index (χ1v) is 5.54. The van der Waals surface area contributed by atoms with Gasteiger partial charge in [0.15, 0.2) is 0 Å². The van der Waals surface area contributed by atoms with Crippen LogP contribution in [0, 0.1) is 0 Å². The Morgan fingerprint density at radius 2 is 2.00 bits per heavy atom. The molecule has 0 aromatic heterocycles. The van der Waals surface area contributed by atoms with Gasteiger partial charge in [-0.1, -0.05) is 30.3 Å². The molecule has 0 saturated carbocycles. The standard InChI is InChI=1S/C12H14N2O2/c15-12(14-6-10-11(7-14)13-10)16-8-9-4-2-1-3-5-9/h1-5,10-11,13H,6-8H2. The van der Waals surface area contributed by atoms with Crippen LogP contribution in [0.5, 0.6) is 0 Å². The number of hydrogen-bond acceptors (Lipinski definition) is 3. The summed E-state index contributed by atoms with van der Waals surface area (Å²) in [4.78, 5) is 13.4. The van der Waals surface area contributed by atoms with Crippen molar-refractivity contribution in [2.24, 2.45) is 0 Å². The zero-order valence-electron chi connectivity index (χ0n) is 8.93. The summed E-state index contributed by atoms with van der Waals surface area (Å²) in [5.41, 5.74) is 1.03. The molecule has 2 atom stereocenters. The van der Waals surface area contributed by atoms with Gasteiger partial charge in [-0.2, -0.15) is 0 Å². The van der Waals surface area contributed by atoms with Gasteiger partial charge < -0.3 is 15.0 Å². The van der Waals surface area contributed by atoms with Gasteiger partial charge in [0, 0.05) is 25.2 Å². The quantitative estimate of drug-likeness (QED) is 0.753. The van der Waals surface area contributed by atoms with Crippen molar-refractivity contribution in [1.82, 2.24) is 10.2 Å². The Labute approximate surface area is 94.2 Å². The van der Waals surface area contributed by atoms with Crippen LogP contribution in [-0.2, 0) is 11.3 Å². The molecule has 1 aromatic carbocycles. The predicted molar refractivity (Wildman–Crippen MR) is 58.9 cm³/mol. The highest BCUT2D eigenvalue weighted by molar-refractivity contribution is 5.68. The van der Waals surface area contributed by atoms with Crippen molar-refractivity contribution in [2.45, 2.75) is 18.7 Å². The van der Waals surface area contributed by atoms with Gasteiger partial charge in [-0.25, -0.2) is 4.79 Å². The number of fused-ring (bicyclic) bond motifs is 1. The molecule has 0 bridgehead atoms. The number of benzene rings is 1. The van der Waals surface area contributed by atoms with Gasteiger partial charge in [0.2, 0.25) is 0 Å². The molecule has 4 nitrogen and oxygen atoms in total. The monoisotopic (exact) mass is 218 g/mol. The Hall–Kier alpha value is -1.55. The van der Waals surface area contributed by atoms with E-state index in [0.29, 0.717) is 18.7 Å².